The summed E-state index contributed by atoms with van der Waals surface area (Å²) in [5.74, 6) is 0.567. The Morgan fingerprint density at radius 1 is 1.43 bits per heavy atom. The lowest BCUT2D eigenvalue weighted by Gasteiger charge is -2.38. The number of carbonyl (C=O) groups is 1. The predicted octanol–water partition coefficient (Wildman–Crippen LogP) is 4.49. The fourth-order valence-corrected chi connectivity index (χ4v) is 3.22. The van der Waals surface area contributed by atoms with E-state index in [4.69, 9.17) is 0 Å². The largest absolute Gasteiger partial charge is 0.365 e. The molecule has 2 heteroatoms. The molecule has 1 atom stereocenters. The van der Waals surface area contributed by atoms with Crippen LogP contribution >= 0.6 is 0 Å². The highest BCUT2D eigenvalue weighted by atomic mass is 16.1. The van der Waals surface area contributed by atoms with Crippen molar-refractivity contribution < 1.29 is 4.79 Å². The summed E-state index contributed by atoms with van der Waals surface area (Å²) in [6.45, 7) is 11.8. The number of aryl methyl sites for hydroxylation is 1. The number of carbonyl (C=O) groups excluding carboxylic acids is 1. The molecule has 2 rings (SSSR count). The summed E-state index contributed by atoms with van der Waals surface area (Å²) in [6, 6.07) is 7.15. The Bertz CT molecular complexity index is 518. The lowest BCUT2D eigenvalue weighted by Crippen LogP contribution is -2.39. The van der Waals surface area contributed by atoms with E-state index in [1.807, 2.05) is 0 Å². The lowest BCUT2D eigenvalue weighted by atomic mass is 9.92. The van der Waals surface area contributed by atoms with Gasteiger partial charge in [-0.05, 0) is 49.3 Å². The first-order valence-electron chi connectivity index (χ1n) is 8.03. The first-order chi connectivity index (χ1) is 10.0. The molecule has 0 amide bonds. The van der Waals surface area contributed by atoms with Gasteiger partial charge in [0.15, 0.2) is 0 Å². The summed E-state index contributed by atoms with van der Waals surface area (Å²) in [4.78, 5) is 13.2. The SMILES string of the molecule is C=C(C)C(CCC=O)N1CCCc2cc(C(C)C)ccc21. The second-order valence-electron chi connectivity index (χ2n) is 6.45. The summed E-state index contributed by atoms with van der Waals surface area (Å²) in [6.07, 6.45) is 4.82. The minimum atomic E-state index is 0.277. The van der Waals surface area contributed by atoms with E-state index >= 15 is 0 Å². The molecule has 0 bridgehead atoms. The minimum Gasteiger partial charge on any atom is -0.365 e. The molecular weight excluding hydrogens is 258 g/mol. The fraction of sp³-hybridized carbons (Fsp3) is 0.526. The van der Waals surface area contributed by atoms with Crippen LogP contribution in [0.3, 0.4) is 0 Å². The third-order valence-corrected chi connectivity index (χ3v) is 4.43. The zero-order valence-corrected chi connectivity index (χ0v) is 13.6. The summed E-state index contributed by atoms with van der Waals surface area (Å²) in [5.41, 5.74) is 5.35. The number of rotatable bonds is 6. The molecule has 1 heterocycles. The smallest absolute Gasteiger partial charge is 0.120 e. The van der Waals surface area contributed by atoms with Crippen LogP contribution in [0.1, 0.15) is 57.1 Å². The molecule has 0 aromatic heterocycles. The molecule has 0 fully saturated rings. The second-order valence-corrected chi connectivity index (χ2v) is 6.45. The van der Waals surface area contributed by atoms with Gasteiger partial charge in [0, 0.05) is 18.7 Å². The molecule has 1 aromatic rings. The normalized spacial score (nSPS) is 15.7. The van der Waals surface area contributed by atoms with E-state index < -0.39 is 0 Å². The molecular formula is C19H27NO. The molecule has 1 aromatic carbocycles. The predicted molar refractivity (Wildman–Crippen MR) is 90.1 cm³/mol. The second kappa shape index (κ2) is 6.93. The van der Waals surface area contributed by atoms with E-state index in [0.29, 0.717) is 12.3 Å². The number of benzene rings is 1. The molecule has 1 unspecified atom stereocenters. The Morgan fingerprint density at radius 3 is 2.81 bits per heavy atom. The van der Waals surface area contributed by atoms with Gasteiger partial charge in [-0.25, -0.2) is 0 Å². The number of nitrogens with zero attached hydrogens (tertiary/aromatic N) is 1. The number of aldehydes is 1. The minimum absolute atomic E-state index is 0.277. The van der Waals surface area contributed by atoms with Crippen molar-refractivity contribution in [1.29, 1.82) is 0 Å². The third kappa shape index (κ3) is 3.55. The monoisotopic (exact) mass is 285 g/mol. The molecule has 0 saturated heterocycles. The highest BCUT2D eigenvalue weighted by Gasteiger charge is 2.24. The maximum atomic E-state index is 10.7. The van der Waals surface area contributed by atoms with E-state index in [-0.39, 0.29) is 6.04 Å². The Kier molecular flexibility index (Phi) is 5.22. The van der Waals surface area contributed by atoms with Crippen molar-refractivity contribution in [1.82, 2.24) is 0 Å². The molecule has 21 heavy (non-hydrogen) atoms. The lowest BCUT2D eigenvalue weighted by molar-refractivity contribution is -0.107. The zero-order chi connectivity index (χ0) is 15.4. The Hall–Kier alpha value is -1.57. The van der Waals surface area contributed by atoms with Gasteiger partial charge in [-0.1, -0.05) is 38.1 Å². The van der Waals surface area contributed by atoms with Crippen molar-refractivity contribution in [2.24, 2.45) is 0 Å². The molecule has 0 aliphatic carbocycles. The molecule has 0 saturated carbocycles. The van der Waals surface area contributed by atoms with Crippen molar-refractivity contribution in [3.63, 3.8) is 0 Å². The summed E-state index contributed by atoms with van der Waals surface area (Å²) >= 11 is 0. The molecule has 1 aliphatic heterocycles. The summed E-state index contributed by atoms with van der Waals surface area (Å²) in [5, 5.41) is 0. The number of hydrogen-bond acceptors (Lipinski definition) is 2. The van der Waals surface area contributed by atoms with Crippen LogP contribution in [0.4, 0.5) is 5.69 Å². The van der Waals surface area contributed by atoms with E-state index in [2.05, 4.69) is 50.4 Å². The number of fused-ring (bicyclic) bond motifs is 1. The first-order valence-corrected chi connectivity index (χ1v) is 8.03. The average molecular weight is 285 g/mol. The van der Waals surface area contributed by atoms with E-state index in [9.17, 15) is 4.79 Å². The molecule has 114 valence electrons. The standard InChI is InChI=1S/C19H27NO/c1-14(2)16-9-10-19-17(13-16)7-5-11-20(19)18(15(3)4)8-6-12-21/h9-10,12-14,18H,3,5-8,11H2,1-2,4H3. The van der Waals surface area contributed by atoms with Gasteiger partial charge >= 0.3 is 0 Å². The highest BCUT2D eigenvalue weighted by Crippen LogP contribution is 2.33. The Labute approximate surface area is 128 Å². The summed E-state index contributed by atoms with van der Waals surface area (Å²) < 4.78 is 0. The Balaban J connectivity index is 2.31. The van der Waals surface area contributed by atoms with Crippen molar-refractivity contribution in [3.8, 4) is 0 Å². The van der Waals surface area contributed by atoms with Crippen LogP contribution in [-0.4, -0.2) is 18.9 Å². The van der Waals surface area contributed by atoms with Gasteiger partial charge in [0.1, 0.15) is 6.29 Å². The molecule has 0 spiro atoms. The summed E-state index contributed by atoms with van der Waals surface area (Å²) in [7, 11) is 0. The van der Waals surface area contributed by atoms with E-state index in [1.165, 1.54) is 23.2 Å². The quantitative estimate of drug-likeness (QED) is 0.567. The van der Waals surface area contributed by atoms with Crippen molar-refractivity contribution in [2.45, 2.75) is 58.4 Å². The molecule has 0 N–H and O–H groups in total. The van der Waals surface area contributed by atoms with Gasteiger partial charge in [0.05, 0.1) is 6.04 Å². The van der Waals surface area contributed by atoms with Crippen molar-refractivity contribution in [2.75, 3.05) is 11.4 Å². The van der Waals surface area contributed by atoms with E-state index in [0.717, 1.165) is 31.2 Å². The molecule has 0 radical (unpaired) electrons. The first kappa shape index (κ1) is 15.8. The maximum absolute atomic E-state index is 10.7. The van der Waals surface area contributed by atoms with Gasteiger partial charge in [-0.2, -0.15) is 0 Å². The van der Waals surface area contributed by atoms with Crippen LogP contribution in [-0.2, 0) is 11.2 Å². The van der Waals surface area contributed by atoms with Crippen LogP contribution in [0.15, 0.2) is 30.4 Å². The van der Waals surface area contributed by atoms with Crippen molar-refractivity contribution in [3.05, 3.63) is 41.5 Å². The maximum Gasteiger partial charge on any atom is 0.120 e. The molecule has 2 nitrogen and oxygen atoms in total. The number of anilines is 1. The zero-order valence-electron chi connectivity index (χ0n) is 13.6. The van der Waals surface area contributed by atoms with Crippen LogP contribution in [0.2, 0.25) is 0 Å². The van der Waals surface area contributed by atoms with Crippen LogP contribution in [0, 0.1) is 0 Å². The average Bonchev–Trinajstić information content (AvgIpc) is 2.46. The van der Waals surface area contributed by atoms with Gasteiger partial charge in [0.2, 0.25) is 0 Å². The van der Waals surface area contributed by atoms with Gasteiger partial charge in [-0.15, -0.1) is 0 Å². The van der Waals surface area contributed by atoms with Gasteiger partial charge in [-0.3, -0.25) is 0 Å². The van der Waals surface area contributed by atoms with Crippen LogP contribution in [0.25, 0.3) is 0 Å². The third-order valence-electron chi connectivity index (χ3n) is 4.43. The van der Waals surface area contributed by atoms with E-state index in [1.54, 1.807) is 0 Å². The van der Waals surface area contributed by atoms with Crippen LogP contribution < -0.4 is 4.90 Å². The number of hydrogen-bond donors (Lipinski definition) is 0. The highest BCUT2D eigenvalue weighted by molar-refractivity contribution is 5.59. The van der Waals surface area contributed by atoms with Gasteiger partial charge < -0.3 is 9.69 Å². The fourth-order valence-electron chi connectivity index (χ4n) is 3.22. The molecule has 1 aliphatic rings. The van der Waals surface area contributed by atoms with Gasteiger partial charge in [0.25, 0.3) is 0 Å². The van der Waals surface area contributed by atoms with Crippen molar-refractivity contribution >= 4 is 12.0 Å². The topological polar surface area (TPSA) is 20.3 Å². The Morgan fingerprint density at radius 2 is 2.19 bits per heavy atom. The van der Waals surface area contributed by atoms with Crippen LogP contribution in [0.5, 0.6) is 0 Å².